The van der Waals surface area contributed by atoms with Gasteiger partial charge in [-0.1, -0.05) is 70.7 Å². The summed E-state index contributed by atoms with van der Waals surface area (Å²) in [5.41, 5.74) is 5.79. The average Bonchev–Trinajstić information content (AvgIpc) is 3.28. The first kappa shape index (κ1) is 60.5. The van der Waals surface area contributed by atoms with E-state index >= 15 is 0 Å². The Morgan fingerprint density at radius 2 is 0.900 bits per heavy atom. The minimum atomic E-state index is -4.07. The van der Waals surface area contributed by atoms with Gasteiger partial charge in [-0.25, -0.2) is 16.8 Å². The van der Waals surface area contributed by atoms with E-state index in [2.05, 4.69) is 19.3 Å². The molecule has 0 saturated carbocycles. The number of methoxy groups -OCH3 is 2. The average molecular weight is 1080 g/mol. The molecule has 0 fully saturated rings. The molecule has 0 saturated heterocycles. The number of hydrogen-bond donors (Lipinski definition) is 2. The normalized spacial score (nSPS) is 15.9. The molecule has 0 aromatic heterocycles. The number of halogens is 4. The Bertz CT molecular complexity index is 2680. The van der Waals surface area contributed by atoms with E-state index in [1.54, 1.807) is 36.4 Å². The van der Waals surface area contributed by atoms with Crippen molar-refractivity contribution in [1.82, 2.24) is 18.4 Å². The fourth-order valence-corrected chi connectivity index (χ4v) is 12.1. The quantitative estimate of drug-likeness (QED) is 0.106. The van der Waals surface area contributed by atoms with E-state index in [9.17, 15) is 36.0 Å². The molecule has 2 heterocycles. The maximum atomic E-state index is 13.3. The van der Waals surface area contributed by atoms with Crippen LogP contribution in [-0.4, -0.2) is 142 Å². The third-order valence-electron chi connectivity index (χ3n) is 11.6. The first-order valence-electron chi connectivity index (χ1n) is 21.2. The number of benzene rings is 4. The molecular weight excluding hydrogens is 1030 g/mol. The van der Waals surface area contributed by atoms with Gasteiger partial charge in [-0.2, -0.15) is 8.61 Å². The molecule has 17 nitrogen and oxygen atoms in total. The van der Waals surface area contributed by atoms with Gasteiger partial charge in [-0.05, 0) is 96.0 Å². The summed E-state index contributed by atoms with van der Waals surface area (Å²) in [6.07, 6.45) is -1.13. The van der Waals surface area contributed by atoms with E-state index in [0.29, 0.717) is 39.7 Å². The molecule has 0 spiro atoms. The number of carboxylic acids is 2. The van der Waals surface area contributed by atoms with Crippen LogP contribution in [0, 0.1) is 0 Å². The van der Waals surface area contributed by atoms with Crippen molar-refractivity contribution in [2.45, 2.75) is 60.4 Å². The summed E-state index contributed by atoms with van der Waals surface area (Å²) in [6, 6.07) is 20.2. The second-order valence-electron chi connectivity index (χ2n) is 16.3. The molecule has 376 valence electrons. The van der Waals surface area contributed by atoms with E-state index in [1.807, 2.05) is 26.2 Å². The van der Waals surface area contributed by atoms with Gasteiger partial charge in [-0.3, -0.25) is 19.2 Å². The molecule has 4 aromatic carbocycles. The molecule has 0 bridgehead atoms. The van der Waals surface area contributed by atoms with Crippen LogP contribution >= 0.6 is 46.4 Å². The molecule has 4 aromatic rings. The predicted octanol–water partition coefficient (Wildman–Crippen LogP) is 4.03. The molecule has 24 heteroatoms. The van der Waals surface area contributed by atoms with Gasteiger partial charge in [0.15, 0.2) is 0 Å². The SMILES string of the molecule is CN1Cc2c(Cl)cc(Cl)cc2C(c2ccc(S(=O)(=O)N(CCC(=O)O)CCC(=O)O)cc2)C1.COC(=O)CCN(CCC(=O)OC)S(=O)(=O)c1ccc(C2CN(C)Cc3c(Cl)cc(Cl)cc32)cc1.[Li+].[OH-]. The largest absolute Gasteiger partial charge is 1.00 e. The number of nitrogens with zero attached hydrogens (tertiary/aromatic N) is 4. The topological polar surface area (TPSA) is 238 Å². The number of aliphatic carboxylic acids is 2. The Balaban J connectivity index is 0.000000361. The van der Waals surface area contributed by atoms with Gasteiger partial charge in [0.1, 0.15) is 0 Å². The predicted molar refractivity (Wildman–Crippen MR) is 259 cm³/mol. The second-order valence-corrected chi connectivity index (χ2v) is 21.9. The van der Waals surface area contributed by atoms with E-state index in [4.69, 9.17) is 56.6 Å². The molecule has 3 N–H and O–H groups in total. The zero-order valence-electron chi connectivity index (χ0n) is 39.1. The van der Waals surface area contributed by atoms with Crippen LogP contribution in [0.25, 0.3) is 0 Å². The summed E-state index contributed by atoms with van der Waals surface area (Å²) in [4.78, 5) is 49.4. The number of hydrogen-bond acceptors (Lipinski definition) is 13. The van der Waals surface area contributed by atoms with Crippen LogP contribution < -0.4 is 18.9 Å². The van der Waals surface area contributed by atoms with Gasteiger partial charge in [0.2, 0.25) is 20.0 Å². The van der Waals surface area contributed by atoms with Crippen LogP contribution in [0.4, 0.5) is 0 Å². The number of esters is 2. The van der Waals surface area contributed by atoms with Crippen molar-refractivity contribution >= 4 is 90.3 Å². The molecular formula is C46H53Cl4LiN4O13S2. The van der Waals surface area contributed by atoms with Crippen LogP contribution in [0.1, 0.15) is 70.9 Å². The van der Waals surface area contributed by atoms with Crippen molar-refractivity contribution in [3.63, 3.8) is 0 Å². The Morgan fingerprint density at radius 1 is 0.586 bits per heavy atom. The van der Waals surface area contributed by atoms with E-state index in [1.165, 1.54) is 38.5 Å². The summed E-state index contributed by atoms with van der Waals surface area (Å²) >= 11 is 25.4. The maximum Gasteiger partial charge on any atom is 1.00 e. The van der Waals surface area contributed by atoms with Gasteiger partial charge in [-0.15, -0.1) is 0 Å². The molecule has 0 radical (unpaired) electrons. The van der Waals surface area contributed by atoms with Gasteiger partial charge in [0, 0.05) is 84.3 Å². The van der Waals surface area contributed by atoms with Crippen LogP contribution in [0.5, 0.6) is 0 Å². The molecule has 6 rings (SSSR count). The van der Waals surface area contributed by atoms with Crippen LogP contribution in [-0.2, 0) is 61.8 Å². The van der Waals surface area contributed by atoms with Gasteiger partial charge in [0.25, 0.3) is 0 Å². The first-order valence-corrected chi connectivity index (χ1v) is 25.5. The van der Waals surface area contributed by atoms with Crippen molar-refractivity contribution in [2.24, 2.45) is 0 Å². The van der Waals surface area contributed by atoms with E-state index < -0.39 is 56.8 Å². The molecule has 70 heavy (non-hydrogen) atoms. The van der Waals surface area contributed by atoms with Gasteiger partial charge in [0.05, 0.1) is 49.7 Å². The van der Waals surface area contributed by atoms with Crippen LogP contribution in [0.15, 0.2) is 82.6 Å². The molecule has 0 amide bonds. The van der Waals surface area contributed by atoms with Crippen molar-refractivity contribution in [2.75, 3.05) is 67.6 Å². The minimum absolute atomic E-state index is 0. The fourth-order valence-electron chi connectivity index (χ4n) is 8.08. The first-order chi connectivity index (χ1) is 32.0. The Hall–Kier alpha value is -3.78. The van der Waals surface area contributed by atoms with Crippen LogP contribution in [0.3, 0.4) is 0 Å². The molecule has 2 aliphatic heterocycles. The van der Waals surface area contributed by atoms with Crippen LogP contribution in [0.2, 0.25) is 20.1 Å². The van der Waals surface area contributed by atoms with Gasteiger partial charge >= 0.3 is 42.7 Å². The summed E-state index contributed by atoms with van der Waals surface area (Å²) < 4.78 is 64.1. The standard InChI is InChI=1S/C24H28Cl2N2O6S.C22H24Cl2N2O6S.Li.H2O/c1-27-14-20(19-12-17(25)13-22(26)21(19)15-27)16-4-6-18(7-5-16)35(31,32)28(10-8-23(29)33-2)11-9-24(30)34-3;1-25-12-18(17-10-15(23)11-20(24)19(17)13-25)14-2-4-16(5-3-14)33(31,32)26(8-6-21(27)28)9-7-22(29)30;;/h4-7,12-13,20H,8-11,14-15H2,1-3H3;2-5,10-11,18H,6-9,12-13H2,1H3,(H,27,28)(H,29,30);;1H2/q;;+1;/p-1. The Kier molecular flexibility index (Phi) is 23.2. The number of ether oxygens (including phenoxy) is 2. The van der Waals surface area contributed by atoms with Crippen molar-refractivity contribution in [3.8, 4) is 0 Å². The number of sulfonamides is 2. The number of likely N-dealkylation sites (N-methyl/N-ethyl adjacent to an activating group) is 2. The van der Waals surface area contributed by atoms with E-state index in [-0.39, 0.29) is 85.0 Å². The number of fused-ring (bicyclic) bond motifs is 2. The summed E-state index contributed by atoms with van der Waals surface area (Å²) in [7, 11) is -1.61. The smallest absolute Gasteiger partial charge is 0.870 e. The monoisotopic (exact) mass is 1080 g/mol. The summed E-state index contributed by atoms with van der Waals surface area (Å²) in [6.45, 7) is 1.92. The second kappa shape index (κ2) is 26.8. The molecule has 2 unspecified atom stereocenters. The third-order valence-corrected chi connectivity index (χ3v) is 16.5. The third kappa shape index (κ3) is 15.6. The van der Waals surface area contributed by atoms with Crippen molar-refractivity contribution in [3.05, 3.63) is 126 Å². The Labute approximate surface area is 440 Å². The molecule has 2 atom stereocenters. The van der Waals surface area contributed by atoms with E-state index in [0.717, 1.165) is 48.5 Å². The zero-order valence-corrected chi connectivity index (χ0v) is 43.8. The number of carboxylic acid groups (broad SMARTS) is 2. The van der Waals surface area contributed by atoms with Crippen molar-refractivity contribution < 1.29 is 80.0 Å². The minimum Gasteiger partial charge on any atom is -0.870 e. The fraction of sp³-hybridized carbons (Fsp3) is 0.391. The number of carbonyl (C=O) groups excluding carboxylic acids is 2. The van der Waals surface area contributed by atoms with Crippen molar-refractivity contribution in [1.29, 1.82) is 0 Å². The zero-order chi connectivity index (χ0) is 50.1. The Morgan fingerprint density at radius 3 is 1.20 bits per heavy atom. The summed E-state index contributed by atoms with van der Waals surface area (Å²) in [5, 5.41) is 20.1. The van der Waals surface area contributed by atoms with Gasteiger partial charge < -0.3 is 35.0 Å². The maximum absolute atomic E-state index is 13.3. The molecule has 0 aliphatic carbocycles. The number of carbonyl (C=O) groups is 4. The molecule has 2 aliphatic rings. The number of rotatable bonds is 18. The summed E-state index contributed by atoms with van der Waals surface area (Å²) in [5.74, 6) is -3.53.